The molecule has 5 nitrogen and oxygen atoms in total. The van der Waals surface area contributed by atoms with Crippen molar-refractivity contribution in [3.63, 3.8) is 0 Å². The fraction of sp³-hybridized carbons (Fsp3) is 0.429. The molecule has 1 aliphatic heterocycles. The van der Waals surface area contributed by atoms with Crippen molar-refractivity contribution in [2.24, 2.45) is 5.92 Å². The van der Waals surface area contributed by atoms with Crippen molar-refractivity contribution >= 4 is 33.1 Å². The monoisotopic (exact) mass is 291 g/mol. The van der Waals surface area contributed by atoms with Crippen LogP contribution in [0.1, 0.15) is 22.5 Å². The van der Waals surface area contributed by atoms with Gasteiger partial charge in [-0.05, 0) is 30.9 Å². The number of carbonyl (C=O) groups is 1. The fourth-order valence-electron chi connectivity index (χ4n) is 2.39. The number of anilines is 1. The second-order valence-corrected chi connectivity index (χ2v) is 5.97. The molecule has 1 saturated heterocycles. The minimum absolute atomic E-state index is 0.100. The molecule has 0 atom stereocenters. The van der Waals surface area contributed by atoms with Crippen molar-refractivity contribution in [3.8, 4) is 0 Å². The van der Waals surface area contributed by atoms with Crippen LogP contribution in [-0.2, 0) is 4.74 Å². The average molecular weight is 291 g/mol. The first kappa shape index (κ1) is 13.3. The molecular weight excluding hydrogens is 274 g/mol. The van der Waals surface area contributed by atoms with Crippen LogP contribution in [0.15, 0.2) is 18.3 Å². The Kier molecular flexibility index (Phi) is 3.84. The van der Waals surface area contributed by atoms with Crippen LogP contribution in [0.3, 0.4) is 0 Å². The molecule has 6 heteroatoms. The van der Waals surface area contributed by atoms with Gasteiger partial charge in [-0.3, -0.25) is 4.79 Å². The maximum Gasteiger partial charge on any atom is 0.263 e. The number of nitrogens with two attached hydrogens (primary N) is 1. The summed E-state index contributed by atoms with van der Waals surface area (Å²) in [6.45, 7) is 2.26. The van der Waals surface area contributed by atoms with Gasteiger partial charge in [0.05, 0.1) is 5.69 Å². The lowest BCUT2D eigenvalue weighted by molar-refractivity contribution is 0.0643. The smallest absolute Gasteiger partial charge is 0.263 e. The minimum atomic E-state index is -0.100. The zero-order valence-corrected chi connectivity index (χ0v) is 11.9. The zero-order valence-electron chi connectivity index (χ0n) is 11.1. The third kappa shape index (κ3) is 2.62. The number of nitrogens with zero attached hydrogens (tertiary/aromatic N) is 1. The molecule has 0 spiro atoms. The van der Waals surface area contributed by atoms with E-state index in [9.17, 15) is 4.79 Å². The van der Waals surface area contributed by atoms with E-state index in [4.69, 9.17) is 10.5 Å². The van der Waals surface area contributed by atoms with Crippen molar-refractivity contribution in [1.29, 1.82) is 0 Å². The van der Waals surface area contributed by atoms with Crippen LogP contribution in [-0.4, -0.2) is 30.6 Å². The van der Waals surface area contributed by atoms with Crippen LogP contribution in [0.2, 0.25) is 0 Å². The summed E-state index contributed by atoms with van der Waals surface area (Å²) in [6.07, 6.45) is 3.72. The molecule has 0 aromatic carbocycles. The first-order valence-corrected chi connectivity index (χ1v) is 7.56. The van der Waals surface area contributed by atoms with Crippen molar-refractivity contribution in [2.45, 2.75) is 12.8 Å². The van der Waals surface area contributed by atoms with E-state index in [2.05, 4.69) is 10.3 Å². The molecule has 1 amide bonds. The number of pyridine rings is 1. The highest BCUT2D eigenvalue weighted by molar-refractivity contribution is 7.21. The van der Waals surface area contributed by atoms with Crippen LogP contribution in [0.5, 0.6) is 0 Å². The first-order chi connectivity index (χ1) is 9.75. The Labute approximate surface area is 121 Å². The molecule has 3 heterocycles. The van der Waals surface area contributed by atoms with Gasteiger partial charge in [-0.25, -0.2) is 4.98 Å². The number of rotatable bonds is 3. The summed E-state index contributed by atoms with van der Waals surface area (Å²) < 4.78 is 5.31. The van der Waals surface area contributed by atoms with Crippen molar-refractivity contribution in [2.75, 3.05) is 25.5 Å². The van der Waals surface area contributed by atoms with Gasteiger partial charge in [-0.1, -0.05) is 0 Å². The number of hydrogen-bond acceptors (Lipinski definition) is 5. The molecule has 106 valence electrons. The van der Waals surface area contributed by atoms with Gasteiger partial charge in [-0.2, -0.15) is 0 Å². The van der Waals surface area contributed by atoms with Crippen LogP contribution in [0, 0.1) is 5.92 Å². The van der Waals surface area contributed by atoms with Gasteiger partial charge in [-0.15, -0.1) is 11.3 Å². The number of nitrogens with one attached hydrogen (secondary N) is 1. The molecule has 0 unspecified atom stereocenters. The Bertz CT molecular complexity index is 620. The lowest BCUT2D eigenvalue weighted by Gasteiger charge is -2.22. The van der Waals surface area contributed by atoms with E-state index in [1.807, 2.05) is 12.1 Å². The third-order valence-electron chi connectivity index (χ3n) is 3.60. The predicted molar refractivity (Wildman–Crippen MR) is 79.9 cm³/mol. The summed E-state index contributed by atoms with van der Waals surface area (Å²) >= 11 is 1.35. The van der Waals surface area contributed by atoms with Gasteiger partial charge >= 0.3 is 0 Å². The Hall–Kier alpha value is -1.66. The second-order valence-electron chi connectivity index (χ2n) is 4.97. The molecule has 0 radical (unpaired) electrons. The van der Waals surface area contributed by atoms with E-state index < -0.39 is 0 Å². The summed E-state index contributed by atoms with van der Waals surface area (Å²) in [5.74, 6) is 0.401. The number of hydrogen-bond donors (Lipinski definition) is 2. The number of ether oxygens (including phenoxy) is 1. The number of carbonyl (C=O) groups excluding carboxylic acids is 1. The summed E-state index contributed by atoms with van der Waals surface area (Å²) in [4.78, 5) is 17.8. The summed E-state index contributed by atoms with van der Waals surface area (Å²) in [5, 5.41) is 3.83. The maximum atomic E-state index is 12.2. The van der Waals surface area contributed by atoms with E-state index in [1.165, 1.54) is 11.3 Å². The summed E-state index contributed by atoms with van der Waals surface area (Å²) in [6, 6.07) is 3.72. The van der Waals surface area contributed by atoms with Gasteiger partial charge in [0, 0.05) is 31.3 Å². The molecule has 1 aliphatic rings. The van der Waals surface area contributed by atoms with Gasteiger partial charge in [0.2, 0.25) is 0 Å². The molecule has 2 aromatic rings. The molecule has 0 saturated carbocycles. The third-order valence-corrected chi connectivity index (χ3v) is 4.73. The van der Waals surface area contributed by atoms with E-state index in [0.29, 0.717) is 23.0 Å². The fourth-order valence-corrected chi connectivity index (χ4v) is 3.37. The van der Waals surface area contributed by atoms with Gasteiger partial charge in [0.15, 0.2) is 0 Å². The highest BCUT2D eigenvalue weighted by atomic mass is 32.1. The minimum Gasteiger partial charge on any atom is -0.397 e. The lowest BCUT2D eigenvalue weighted by atomic mass is 10.0. The van der Waals surface area contributed by atoms with Crippen LogP contribution in [0.4, 0.5) is 5.69 Å². The number of nitrogen functional groups attached to an aromatic ring is 1. The number of amides is 1. The summed E-state index contributed by atoms with van der Waals surface area (Å²) in [7, 11) is 0. The second kappa shape index (κ2) is 5.76. The number of thiophene rings is 1. The molecule has 2 aromatic heterocycles. The van der Waals surface area contributed by atoms with Crippen molar-refractivity contribution in [1.82, 2.24) is 10.3 Å². The highest BCUT2D eigenvalue weighted by Gasteiger charge is 2.19. The molecule has 3 N–H and O–H groups in total. The Morgan fingerprint density at radius 1 is 1.50 bits per heavy atom. The largest absolute Gasteiger partial charge is 0.397 e. The predicted octanol–water partition coefficient (Wildman–Crippen LogP) is 2.03. The van der Waals surface area contributed by atoms with E-state index in [-0.39, 0.29) is 5.91 Å². The molecule has 20 heavy (non-hydrogen) atoms. The Morgan fingerprint density at radius 2 is 2.30 bits per heavy atom. The van der Waals surface area contributed by atoms with Crippen LogP contribution >= 0.6 is 11.3 Å². The number of fused-ring (bicyclic) bond motifs is 1. The quantitative estimate of drug-likeness (QED) is 0.907. The Morgan fingerprint density at radius 3 is 3.05 bits per heavy atom. The standard InChI is InChI=1S/C14H17N3O2S/c15-11-10-2-1-5-16-14(10)20-12(11)13(18)17-8-9-3-6-19-7-4-9/h1-2,5,9H,3-4,6-8,15H2,(H,17,18). The van der Waals surface area contributed by atoms with E-state index in [0.717, 1.165) is 36.3 Å². The SMILES string of the molecule is Nc1c(C(=O)NCC2CCOCC2)sc2ncccc12. The molecule has 1 fully saturated rings. The Balaban J connectivity index is 1.70. The van der Waals surface area contributed by atoms with E-state index >= 15 is 0 Å². The van der Waals surface area contributed by atoms with Gasteiger partial charge in [0.25, 0.3) is 5.91 Å². The maximum absolute atomic E-state index is 12.2. The first-order valence-electron chi connectivity index (χ1n) is 6.74. The molecular formula is C14H17N3O2S. The average Bonchev–Trinajstić information content (AvgIpc) is 2.84. The van der Waals surface area contributed by atoms with E-state index in [1.54, 1.807) is 6.20 Å². The molecule has 0 bridgehead atoms. The molecule has 3 rings (SSSR count). The van der Waals surface area contributed by atoms with Gasteiger partial charge in [0.1, 0.15) is 9.71 Å². The van der Waals surface area contributed by atoms with Crippen LogP contribution < -0.4 is 11.1 Å². The highest BCUT2D eigenvalue weighted by Crippen LogP contribution is 2.31. The summed E-state index contributed by atoms with van der Waals surface area (Å²) in [5.41, 5.74) is 6.57. The molecule has 0 aliphatic carbocycles. The topological polar surface area (TPSA) is 77.2 Å². The lowest BCUT2D eigenvalue weighted by Crippen LogP contribution is -2.32. The number of aromatic nitrogens is 1. The van der Waals surface area contributed by atoms with Crippen molar-refractivity contribution in [3.05, 3.63) is 23.2 Å². The normalized spacial score (nSPS) is 16.4. The van der Waals surface area contributed by atoms with Crippen LogP contribution in [0.25, 0.3) is 10.2 Å². The van der Waals surface area contributed by atoms with Gasteiger partial charge < -0.3 is 15.8 Å². The zero-order chi connectivity index (χ0) is 13.9. The van der Waals surface area contributed by atoms with Crippen molar-refractivity contribution < 1.29 is 9.53 Å².